The van der Waals surface area contributed by atoms with Gasteiger partial charge in [0, 0.05) is 35.6 Å². The van der Waals surface area contributed by atoms with E-state index >= 15 is 0 Å². The molecular weight excluding hydrogens is 236 g/mol. The molecule has 1 N–H and O–H groups in total. The molecule has 0 aliphatic rings. The summed E-state index contributed by atoms with van der Waals surface area (Å²) in [5.74, 6) is 0. The van der Waals surface area contributed by atoms with Gasteiger partial charge < -0.3 is 5.32 Å². The quantitative estimate of drug-likeness (QED) is 0.897. The average Bonchev–Trinajstić information content (AvgIpc) is 2.77. The number of fused-ring (bicyclic) bond motifs is 1. The van der Waals surface area contributed by atoms with Gasteiger partial charge in [0.25, 0.3) is 0 Å². The van der Waals surface area contributed by atoms with Gasteiger partial charge in [-0.05, 0) is 33.6 Å². The molecule has 1 unspecified atom stereocenters. The van der Waals surface area contributed by atoms with Crippen molar-refractivity contribution in [3.8, 4) is 0 Å². The van der Waals surface area contributed by atoms with Crippen molar-refractivity contribution in [2.75, 3.05) is 0 Å². The van der Waals surface area contributed by atoms with Gasteiger partial charge in [-0.25, -0.2) is 9.50 Å². The summed E-state index contributed by atoms with van der Waals surface area (Å²) in [4.78, 5) is 4.50. The number of aromatic nitrogens is 3. The fourth-order valence-electron chi connectivity index (χ4n) is 2.57. The predicted molar refractivity (Wildman–Crippen MR) is 78.4 cm³/mol. The molecule has 0 aliphatic carbocycles. The van der Waals surface area contributed by atoms with Gasteiger partial charge >= 0.3 is 0 Å². The van der Waals surface area contributed by atoms with Crippen LogP contribution in [0.5, 0.6) is 0 Å². The van der Waals surface area contributed by atoms with E-state index in [1.807, 2.05) is 23.7 Å². The van der Waals surface area contributed by atoms with Crippen LogP contribution in [0.3, 0.4) is 0 Å². The molecule has 0 saturated carbocycles. The van der Waals surface area contributed by atoms with Crippen LogP contribution in [-0.2, 0) is 0 Å². The van der Waals surface area contributed by atoms with Crippen LogP contribution in [0, 0.1) is 13.8 Å². The van der Waals surface area contributed by atoms with Gasteiger partial charge in [-0.3, -0.25) is 0 Å². The van der Waals surface area contributed by atoms with Crippen LogP contribution < -0.4 is 5.32 Å². The lowest BCUT2D eigenvalue weighted by atomic mass is 10.1. The topological polar surface area (TPSA) is 42.2 Å². The summed E-state index contributed by atoms with van der Waals surface area (Å²) in [5, 5.41) is 8.17. The SMILES string of the molecule is CCC(CC)NC(C)c1cnc2cc(C)nn2c1C. The van der Waals surface area contributed by atoms with Crippen molar-refractivity contribution in [2.24, 2.45) is 0 Å². The Morgan fingerprint density at radius 1 is 1.26 bits per heavy atom. The van der Waals surface area contributed by atoms with Crippen molar-refractivity contribution in [3.63, 3.8) is 0 Å². The predicted octanol–water partition coefficient (Wildman–Crippen LogP) is 3.19. The van der Waals surface area contributed by atoms with Crippen LogP contribution in [0.15, 0.2) is 12.3 Å². The third-order valence-corrected chi connectivity index (χ3v) is 3.82. The van der Waals surface area contributed by atoms with Crippen LogP contribution in [0.25, 0.3) is 5.65 Å². The zero-order chi connectivity index (χ0) is 14.0. The number of aryl methyl sites for hydroxylation is 2. The van der Waals surface area contributed by atoms with E-state index in [0.717, 1.165) is 24.2 Å². The maximum atomic E-state index is 4.50. The molecule has 0 bridgehead atoms. The molecule has 0 fully saturated rings. The average molecular weight is 260 g/mol. The smallest absolute Gasteiger partial charge is 0.155 e. The Morgan fingerprint density at radius 3 is 2.58 bits per heavy atom. The summed E-state index contributed by atoms with van der Waals surface area (Å²) in [6, 6.07) is 2.87. The van der Waals surface area contributed by atoms with Gasteiger partial charge in [-0.2, -0.15) is 5.10 Å². The molecule has 0 aromatic carbocycles. The summed E-state index contributed by atoms with van der Waals surface area (Å²) >= 11 is 0. The Morgan fingerprint density at radius 2 is 1.95 bits per heavy atom. The normalized spacial score (nSPS) is 13.4. The highest BCUT2D eigenvalue weighted by Gasteiger charge is 2.15. The highest BCUT2D eigenvalue weighted by atomic mass is 15.3. The first kappa shape index (κ1) is 14.0. The van der Waals surface area contributed by atoms with Crippen molar-refractivity contribution in [1.29, 1.82) is 0 Å². The van der Waals surface area contributed by atoms with Crippen molar-refractivity contribution in [1.82, 2.24) is 19.9 Å². The third-order valence-electron chi connectivity index (χ3n) is 3.82. The minimum absolute atomic E-state index is 0.298. The zero-order valence-electron chi connectivity index (χ0n) is 12.6. The minimum Gasteiger partial charge on any atom is -0.307 e. The molecule has 1 atom stereocenters. The minimum atomic E-state index is 0.298. The van der Waals surface area contributed by atoms with Gasteiger partial charge in [-0.1, -0.05) is 13.8 Å². The van der Waals surface area contributed by atoms with E-state index in [9.17, 15) is 0 Å². The van der Waals surface area contributed by atoms with Crippen LogP contribution in [-0.4, -0.2) is 20.6 Å². The van der Waals surface area contributed by atoms with Crippen LogP contribution in [0.4, 0.5) is 0 Å². The Kier molecular flexibility index (Phi) is 4.20. The Bertz CT molecular complexity index is 555. The van der Waals surface area contributed by atoms with E-state index in [0.29, 0.717) is 12.1 Å². The summed E-state index contributed by atoms with van der Waals surface area (Å²) in [5.41, 5.74) is 4.33. The first-order chi connectivity index (χ1) is 9.06. The standard InChI is InChI=1S/C15H24N4/c1-6-13(7-2)17-11(4)14-9-16-15-8-10(3)18-19(15)12(14)5/h8-9,11,13,17H,6-7H2,1-5H3. The maximum absolute atomic E-state index is 4.50. The summed E-state index contributed by atoms with van der Waals surface area (Å²) in [6.07, 6.45) is 4.28. The first-order valence-corrected chi connectivity index (χ1v) is 7.14. The Labute approximate surface area is 115 Å². The molecule has 0 amide bonds. The molecule has 2 aromatic heterocycles. The fourth-order valence-corrected chi connectivity index (χ4v) is 2.57. The van der Waals surface area contributed by atoms with E-state index in [-0.39, 0.29) is 0 Å². The number of rotatable bonds is 5. The Hall–Kier alpha value is -1.42. The summed E-state index contributed by atoms with van der Waals surface area (Å²) in [6.45, 7) is 10.8. The Balaban J connectivity index is 2.31. The summed E-state index contributed by atoms with van der Waals surface area (Å²) in [7, 11) is 0. The molecule has 2 aromatic rings. The third kappa shape index (κ3) is 2.78. The van der Waals surface area contributed by atoms with Gasteiger partial charge in [-0.15, -0.1) is 0 Å². The van der Waals surface area contributed by atoms with E-state index in [4.69, 9.17) is 0 Å². The zero-order valence-corrected chi connectivity index (χ0v) is 12.6. The molecular formula is C15H24N4. The van der Waals surface area contributed by atoms with E-state index in [2.05, 4.69) is 43.1 Å². The van der Waals surface area contributed by atoms with E-state index in [1.54, 1.807) is 0 Å². The lowest BCUT2D eigenvalue weighted by molar-refractivity contribution is 0.429. The van der Waals surface area contributed by atoms with E-state index < -0.39 is 0 Å². The monoisotopic (exact) mass is 260 g/mol. The molecule has 19 heavy (non-hydrogen) atoms. The van der Waals surface area contributed by atoms with Crippen LogP contribution in [0.1, 0.15) is 56.6 Å². The van der Waals surface area contributed by atoms with Crippen LogP contribution >= 0.6 is 0 Å². The first-order valence-electron chi connectivity index (χ1n) is 7.14. The second-order valence-electron chi connectivity index (χ2n) is 5.26. The largest absolute Gasteiger partial charge is 0.307 e. The number of hydrogen-bond donors (Lipinski definition) is 1. The molecule has 0 radical (unpaired) electrons. The number of hydrogen-bond acceptors (Lipinski definition) is 3. The molecule has 4 nitrogen and oxygen atoms in total. The van der Waals surface area contributed by atoms with Gasteiger partial charge in [0.2, 0.25) is 0 Å². The molecule has 104 valence electrons. The lowest BCUT2D eigenvalue weighted by Gasteiger charge is -2.22. The van der Waals surface area contributed by atoms with Crippen LogP contribution in [0.2, 0.25) is 0 Å². The van der Waals surface area contributed by atoms with Crippen molar-refractivity contribution >= 4 is 5.65 Å². The van der Waals surface area contributed by atoms with Crippen molar-refractivity contribution < 1.29 is 0 Å². The molecule has 2 heterocycles. The lowest BCUT2D eigenvalue weighted by Crippen LogP contribution is -2.31. The second kappa shape index (κ2) is 5.70. The van der Waals surface area contributed by atoms with Gasteiger partial charge in [0.05, 0.1) is 5.69 Å². The summed E-state index contributed by atoms with van der Waals surface area (Å²) < 4.78 is 1.94. The molecule has 4 heteroatoms. The van der Waals surface area contributed by atoms with E-state index in [1.165, 1.54) is 11.3 Å². The number of nitrogens with zero attached hydrogens (tertiary/aromatic N) is 3. The maximum Gasteiger partial charge on any atom is 0.155 e. The highest BCUT2D eigenvalue weighted by Crippen LogP contribution is 2.19. The molecule has 0 saturated heterocycles. The fraction of sp³-hybridized carbons (Fsp3) is 0.600. The molecule has 0 aliphatic heterocycles. The highest BCUT2D eigenvalue weighted by molar-refractivity contribution is 5.42. The van der Waals surface area contributed by atoms with Crippen molar-refractivity contribution in [2.45, 2.75) is 59.5 Å². The molecule has 0 spiro atoms. The van der Waals surface area contributed by atoms with Crippen molar-refractivity contribution in [3.05, 3.63) is 29.2 Å². The second-order valence-corrected chi connectivity index (χ2v) is 5.26. The van der Waals surface area contributed by atoms with Gasteiger partial charge in [0.15, 0.2) is 5.65 Å². The van der Waals surface area contributed by atoms with Gasteiger partial charge in [0.1, 0.15) is 0 Å². The molecule has 2 rings (SSSR count). The number of nitrogens with one attached hydrogen (secondary N) is 1.